The average molecular weight is 115 g/mol. The SMILES string of the molecule is [CH2]c1ccsc1F. The smallest absolute Gasteiger partial charge is 0.179 e. The van der Waals surface area contributed by atoms with Gasteiger partial charge in [0, 0.05) is 0 Å². The van der Waals surface area contributed by atoms with Crippen LogP contribution in [0.4, 0.5) is 4.39 Å². The standard InChI is InChI=1S/C5H4FS/c1-4-2-3-7-5(4)6/h2-3H,1H2. The molecule has 0 nitrogen and oxygen atoms in total. The zero-order valence-corrected chi connectivity index (χ0v) is 4.46. The largest absolute Gasteiger partial charge is 0.195 e. The van der Waals surface area contributed by atoms with Crippen molar-refractivity contribution in [2.75, 3.05) is 0 Å². The molecule has 0 atom stereocenters. The van der Waals surface area contributed by atoms with Gasteiger partial charge in [-0.3, -0.25) is 0 Å². The molecule has 1 heterocycles. The summed E-state index contributed by atoms with van der Waals surface area (Å²) < 4.78 is 12.0. The van der Waals surface area contributed by atoms with Crippen molar-refractivity contribution in [1.82, 2.24) is 0 Å². The number of rotatable bonds is 0. The van der Waals surface area contributed by atoms with Crippen LogP contribution in [0.2, 0.25) is 0 Å². The van der Waals surface area contributed by atoms with E-state index in [4.69, 9.17) is 0 Å². The van der Waals surface area contributed by atoms with Crippen LogP contribution in [0.1, 0.15) is 5.56 Å². The first-order valence-corrected chi connectivity index (χ1v) is 2.73. The molecule has 0 saturated carbocycles. The van der Waals surface area contributed by atoms with E-state index >= 15 is 0 Å². The molecule has 1 aromatic heterocycles. The second kappa shape index (κ2) is 1.62. The lowest BCUT2D eigenvalue weighted by Gasteiger charge is -1.74. The third kappa shape index (κ3) is 0.800. The van der Waals surface area contributed by atoms with Gasteiger partial charge in [0.25, 0.3) is 0 Å². The van der Waals surface area contributed by atoms with Gasteiger partial charge in [0.05, 0.1) is 0 Å². The molecule has 0 amide bonds. The molecule has 1 rings (SSSR count). The molecular weight excluding hydrogens is 111 g/mol. The molecule has 1 aromatic rings. The van der Waals surface area contributed by atoms with Crippen molar-refractivity contribution < 1.29 is 4.39 Å². The molecule has 0 N–H and O–H groups in total. The Balaban J connectivity index is 3.12. The maximum atomic E-state index is 12.0. The Bertz CT molecular complexity index is 140. The maximum Gasteiger partial charge on any atom is 0.179 e. The summed E-state index contributed by atoms with van der Waals surface area (Å²) in [5.74, 6) is 0. The van der Waals surface area contributed by atoms with Crippen molar-refractivity contribution in [2.45, 2.75) is 0 Å². The van der Waals surface area contributed by atoms with Crippen LogP contribution in [0.5, 0.6) is 0 Å². The Hall–Kier alpha value is -0.370. The minimum Gasteiger partial charge on any atom is -0.195 e. The summed E-state index contributed by atoms with van der Waals surface area (Å²) >= 11 is 1.08. The van der Waals surface area contributed by atoms with Crippen LogP contribution < -0.4 is 0 Å². The van der Waals surface area contributed by atoms with E-state index in [0.29, 0.717) is 5.56 Å². The Morgan fingerprint density at radius 3 is 2.57 bits per heavy atom. The molecule has 0 aliphatic carbocycles. The summed E-state index contributed by atoms with van der Waals surface area (Å²) in [5.41, 5.74) is 0.491. The van der Waals surface area contributed by atoms with Gasteiger partial charge in [-0.05, 0) is 23.9 Å². The topological polar surface area (TPSA) is 0 Å². The highest BCUT2D eigenvalue weighted by Crippen LogP contribution is 2.11. The van der Waals surface area contributed by atoms with Crippen molar-refractivity contribution in [3.63, 3.8) is 0 Å². The molecule has 1 radical (unpaired) electrons. The Labute approximate surface area is 45.6 Å². The second-order valence-electron chi connectivity index (χ2n) is 1.22. The van der Waals surface area contributed by atoms with Crippen molar-refractivity contribution >= 4 is 11.3 Å². The van der Waals surface area contributed by atoms with Gasteiger partial charge in [-0.2, -0.15) is 4.39 Å². The second-order valence-corrected chi connectivity index (χ2v) is 2.09. The summed E-state index contributed by atoms with van der Waals surface area (Å²) in [5, 5.41) is 1.50. The van der Waals surface area contributed by atoms with E-state index < -0.39 is 0 Å². The fraction of sp³-hybridized carbons (Fsp3) is 0. The van der Waals surface area contributed by atoms with E-state index in [1.807, 2.05) is 0 Å². The molecule has 2 heteroatoms. The highest BCUT2D eigenvalue weighted by molar-refractivity contribution is 7.08. The summed E-state index contributed by atoms with van der Waals surface area (Å²) in [7, 11) is 0. The first kappa shape index (κ1) is 4.78. The van der Waals surface area contributed by atoms with E-state index in [0.717, 1.165) is 11.3 Å². The third-order valence-electron chi connectivity index (χ3n) is 0.693. The fourth-order valence-electron chi connectivity index (χ4n) is 0.317. The molecule has 0 aromatic carbocycles. The summed E-state index contributed by atoms with van der Waals surface area (Å²) in [4.78, 5) is 0. The predicted octanol–water partition coefficient (Wildman–Crippen LogP) is 2.07. The van der Waals surface area contributed by atoms with Crippen molar-refractivity contribution in [3.8, 4) is 0 Å². The Kier molecular flexibility index (Phi) is 1.11. The molecule has 0 aliphatic heterocycles. The zero-order valence-electron chi connectivity index (χ0n) is 3.65. The Morgan fingerprint density at radius 2 is 2.43 bits per heavy atom. The Morgan fingerprint density at radius 1 is 1.71 bits per heavy atom. The van der Waals surface area contributed by atoms with E-state index in [1.165, 1.54) is 0 Å². The minimum absolute atomic E-state index is 0.181. The van der Waals surface area contributed by atoms with Crippen LogP contribution >= 0.6 is 11.3 Å². The average Bonchev–Trinajstić information content (AvgIpc) is 1.91. The van der Waals surface area contributed by atoms with E-state index in [9.17, 15) is 4.39 Å². The molecule has 0 bridgehead atoms. The van der Waals surface area contributed by atoms with E-state index in [1.54, 1.807) is 11.4 Å². The normalized spacial score (nSPS) is 9.43. The third-order valence-corrected chi connectivity index (χ3v) is 1.43. The number of thiophene rings is 1. The highest BCUT2D eigenvalue weighted by Gasteiger charge is 1.92. The highest BCUT2D eigenvalue weighted by atomic mass is 32.1. The number of hydrogen-bond donors (Lipinski definition) is 0. The van der Waals surface area contributed by atoms with Gasteiger partial charge in [0.1, 0.15) is 0 Å². The molecule has 0 aliphatic rings. The minimum atomic E-state index is -0.181. The van der Waals surface area contributed by atoms with Crippen molar-refractivity contribution in [2.24, 2.45) is 0 Å². The molecule has 0 fully saturated rings. The van der Waals surface area contributed by atoms with Crippen LogP contribution in [-0.2, 0) is 0 Å². The molecule has 7 heavy (non-hydrogen) atoms. The quantitative estimate of drug-likeness (QED) is 0.485. The monoisotopic (exact) mass is 115 g/mol. The molecule has 0 saturated heterocycles. The summed E-state index contributed by atoms with van der Waals surface area (Å²) in [6, 6.07) is 1.65. The lowest BCUT2D eigenvalue weighted by Crippen LogP contribution is -1.62. The van der Waals surface area contributed by atoms with E-state index in [2.05, 4.69) is 6.92 Å². The van der Waals surface area contributed by atoms with Crippen molar-refractivity contribution in [3.05, 3.63) is 29.1 Å². The summed E-state index contributed by atoms with van der Waals surface area (Å²) in [6.07, 6.45) is 0. The van der Waals surface area contributed by atoms with Gasteiger partial charge in [0.2, 0.25) is 0 Å². The maximum absolute atomic E-state index is 12.0. The van der Waals surface area contributed by atoms with Gasteiger partial charge < -0.3 is 0 Å². The van der Waals surface area contributed by atoms with Gasteiger partial charge in [0.15, 0.2) is 5.13 Å². The summed E-state index contributed by atoms with van der Waals surface area (Å²) in [6.45, 7) is 3.42. The van der Waals surface area contributed by atoms with Gasteiger partial charge in [-0.25, -0.2) is 0 Å². The predicted molar refractivity (Wildman–Crippen MR) is 28.7 cm³/mol. The zero-order chi connectivity index (χ0) is 5.28. The van der Waals surface area contributed by atoms with E-state index in [-0.39, 0.29) is 5.13 Å². The lowest BCUT2D eigenvalue weighted by molar-refractivity contribution is 0.653. The first-order chi connectivity index (χ1) is 3.30. The van der Waals surface area contributed by atoms with Crippen LogP contribution in [0, 0.1) is 12.1 Å². The first-order valence-electron chi connectivity index (χ1n) is 1.85. The molecule has 37 valence electrons. The van der Waals surface area contributed by atoms with Crippen LogP contribution in [0.3, 0.4) is 0 Å². The van der Waals surface area contributed by atoms with Crippen LogP contribution in [-0.4, -0.2) is 0 Å². The molecule has 0 spiro atoms. The fourth-order valence-corrected chi connectivity index (χ4v) is 0.888. The van der Waals surface area contributed by atoms with Gasteiger partial charge in [-0.1, -0.05) is 0 Å². The van der Waals surface area contributed by atoms with Gasteiger partial charge in [-0.15, -0.1) is 11.3 Å². The number of halogens is 1. The molecule has 0 unspecified atom stereocenters. The lowest BCUT2D eigenvalue weighted by atomic mass is 10.4. The molecular formula is C5H4FS. The van der Waals surface area contributed by atoms with Gasteiger partial charge >= 0.3 is 0 Å². The van der Waals surface area contributed by atoms with Crippen LogP contribution in [0.15, 0.2) is 11.4 Å². The number of hydrogen-bond acceptors (Lipinski definition) is 1. The van der Waals surface area contributed by atoms with Crippen molar-refractivity contribution in [1.29, 1.82) is 0 Å². The van der Waals surface area contributed by atoms with Crippen LogP contribution in [0.25, 0.3) is 0 Å².